The van der Waals surface area contributed by atoms with Gasteiger partial charge in [-0.1, -0.05) is 15.9 Å². The zero-order valence-electron chi connectivity index (χ0n) is 10.6. The average molecular weight is 335 g/mol. The van der Waals surface area contributed by atoms with E-state index in [1.807, 2.05) is 0 Å². The molecule has 6 heteroatoms. The molecule has 0 aliphatic rings. The summed E-state index contributed by atoms with van der Waals surface area (Å²) in [6.07, 6.45) is 1.55. The molecule has 0 saturated heterocycles. The summed E-state index contributed by atoms with van der Waals surface area (Å²) in [5.41, 5.74) is 1.71. The lowest BCUT2D eigenvalue weighted by Crippen LogP contribution is -2.13. The monoisotopic (exact) mass is 334 g/mol. The highest BCUT2D eigenvalue weighted by molar-refractivity contribution is 9.10. The fourth-order valence-electron chi connectivity index (χ4n) is 1.68. The quantitative estimate of drug-likeness (QED) is 0.903. The van der Waals surface area contributed by atoms with Crippen LogP contribution < -0.4 is 5.32 Å². The number of halogens is 1. The van der Waals surface area contributed by atoms with Crippen LogP contribution in [0.15, 0.2) is 41.0 Å². The van der Waals surface area contributed by atoms with Gasteiger partial charge in [0.15, 0.2) is 0 Å². The molecule has 20 heavy (non-hydrogen) atoms. The largest absolute Gasteiger partial charge is 0.478 e. The van der Waals surface area contributed by atoms with Crippen LogP contribution in [0.2, 0.25) is 0 Å². The second-order valence-corrected chi connectivity index (χ2v) is 5.09. The van der Waals surface area contributed by atoms with E-state index in [9.17, 15) is 9.59 Å². The standard InChI is InChI=1S/C14H11BrN2O3/c1-8-4-9(2-3-16-8)13(18)17-12-6-10(14(19)20)5-11(15)7-12/h2-7H,1H3,(H,17,18)(H,19,20). The lowest BCUT2D eigenvalue weighted by Gasteiger charge is -2.07. The Morgan fingerprint density at radius 3 is 2.60 bits per heavy atom. The number of anilines is 1. The third kappa shape index (κ3) is 3.42. The summed E-state index contributed by atoms with van der Waals surface area (Å²) < 4.78 is 0.582. The summed E-state index contributed by atoms with van der Waals surface area (Å²) >= 11 is 3.21. The number of pyridine rings is 1. The molecule has 2 aromatic rings. The lowest BCUT2D eigenvalue weighted by molar-refractivity contribution is 0.0696. The fraction of sp³-hybridized carbons (Fsp3) is 0.0714. The maximum atomic E-state index is 12.1. The van der Waals surface area contributed by atoms with Gasteiger partial charge in [0.05, 0.1) is 5.56 Å². The summed E-state index contributed by atoms with van der Waals surface area (Å²) in [6, 6.07) is 7.76. The van der Waals surface area contributed by atoms with E-state index in [2.05, 4.69) is 26.2 Å². The Bertz CT molecular complexity index is 686. The van der Waals surface area contributed by atoms with E-state index < -0.39 is 5.97 Å². The summed E-state index contributed by atoms with van der Waals surface area (Å²) in [4.78, 5) is 27.0. The molecule has 0 saturated carbocycles. The molecule has 0 radical (unpaired) electrons. The maximum absolute atomic E-state index is 12.1. The van der Waals surface area contributed by atoms with Crippen LogP contribution in [-0.4, -0.2) is 22.0 Å². The number of carboxylic acid groups (broad SMARTS) is 1. The van der Waals surface area contributed by atoms with Crippen molar-refractivity contribution in [1.82, 2.24) is 4.98 Å². The summed E-state index contributed by atoms with van der Waals surface area (Å²) in [5.74, 6) is -1.37. The van der Waals surface area contributed by atoms with E-state index in [4.69, 9.17) is 5.11 Å². The van der Waals surface area contributed by atoms with Crippen LogP contribution in [0.1, 0.15) is 26.4 Å². The number of carboxylic acids is 1. The van der Waals surface area contributed by atoms with Crippen molar-refractivity contribution in [2.24, 2.45) is 0 Å². The van der Waals surface area contributed by atoms with Crippen LogP contribution in [-0.2, 0) is 0 Å². The molecule has 2 rings (SSSR count). The molecule has 5 nitrogen and oxygen atoms in total. The Balaban J connectivity index is 2.26. The van der Waals surface area contributed by atoms with E-state index in [1.54, 1.807) is 31.3 Å². The van der Waals surface area contributed by atoms with Gasteiger partial charge in [-0.3, -0.25) is 9.78 Å². The Labute approximate surface area is 123 Å². The third-order valence-electron chi connectivity index (χ3n) is 2.56. The number of rotatable bonds is 3. The second kappa shape index (κ2) is 5.83. The Morgan fingerprint density at radius 2 is 1.95 bits per heavy atom. The predicted octanol–water partition coefficient (Wildman–Crippen LogP) is 3.10. The Hall–Kier alpha value is -2.21. The summed E-state index contributed by atoms with van der Waals surface area (Å²) in [5, 5.41) is 11.6. The first-order valence-electron chi connectivity index (χ1n) is 5.73. The van der Waals surface area contributed by atoms with Crippen LogP contribution >= 0.6 is 15.9 Å². The highest BCUT2D eigenvalue weighted by Gasteiger charge is 2.10. The fourth-order valence-corrected chi connectivity index (χ4v) is 2.17. The number of hydrogen-bond donors (Lipinski definition) is 2. The van der Waals surface area contributed by atoms with Crippen molar-refractivity contribution < 1.29 is 14.7 Å². The molecule has 0 aliphatic heterocycles. The van der Waals surface area contributed by atoms with Gasteiger partial charge in [-0.25, -0.2) is 4.79 Å². The summed E-state index contributed by atoms with van der Waals surface area (Å²) in [7, 11) is 0. The first kappa shape index (κ1) is 14.2. The van der Waals surface area contributed by atoms with Crippen LogP contribution in [0.5, 0.6) is 0 Å². The average Bonchev–Trinajstić information content (AvgIpc) is 2.37. The van der Waals surface area contributed by atoms with Gasteiger partial charge in [-0.15, -0.1) is 0 Å². The summed E-state index contributed by atoms with van der Waals surface area (Å²) in [6.45, 7) is 1.79. The van der Waals surface area contributed by atoms with E-state index in [1.165, 1.54) is 12.1 Å². The molecule has 0 atom stereocenters. The Morgan fingerprint density at radius 1 is 1.20 bits per heavy atom. The minimum absolute atomic E-state index is 0.0978. The van der Waals surface area contributed by atoms with Gasteiger partial charge >= 0.3 is 5.97 Å². The van der Waals surface area contributed by atoms with Crippen molar-refractivity contribution in [3.63, 3.8) is 0 Å². The molecule has 1 aromatic carbocycles. The first-order valence-corrected chi connectivity index (χ1v) is 6.53. The second-order valence-electron chi connectivity index (χ2n) is 4.17. The van der Waals surface area contributed by atoms with Gasteiger partial charge in [0, 0.05) is 27.6 Å². The van der Waals surface area contributed by atoms with Gasteiger partial charge in [0.25, 0.3) is 5.91 Å². The number of nitrogens with one attached hydrogen (secondary N) is 1. The van der Waals surface area contributed by atoms with Gasteiger partial charge in [-0.2, -0.15) is 0 Å². The zero-order valence-corrected chi connectivity index (χ0v) is 12.1. The van der Waals surface area contributed by atoms with Crippen molar-refractivity contribution in [3.8, 4) is 0 Å². The predicted molar refractivity (Wildman–Crippen MR) is 78.0 cm³/mol. The van der Waals surface area contributed by atoms with Crippen molar-refractivity contribution in [2.45, 2.75) is 6.92 Å². The van der Waals surface area contributed by atoms with Gasteiger partial charge in [-0.05, 0) is 37.3 Å². The maximum Gasteiger partial charge on any atom is 0.335 e. The van der Waals surface area contributed by atoms with Crippen molar-refractivity contribution in [1.29, 1.82) is 0 Å². The number of aromatic nitrogens is 1. The number of benzene rings is 1. The molecule has 102 valence electrons. The highest BCUT2D eigenvalue weighted by Crippen LogP contribution is 2.20. The highest BCUT2D eigenvalue weighted by atomic mass is 79.9. The SMILES string of the molecule is Cc1cc(C(=O)Nc2cc(Br)cc(C(=O)O)c2)ccn1. The normalized spacial score (nSPS) is 10.1. The molecule has 0 spiro atoms. The van der Waals surface area contributed by atoms with Gasteiger partial charge in [0.2, 0.25) is 0 Å². The topological polar surface area (TPSA) is 79.3 Å². The molecule has 1 amide bonds. The molecular weight excluding hydrogens is 324 g/mol. The number of carbonyl (C=O) groups is 2. The molecule has 2 N–H and O–H groups in total. The smallest absolute Gasteiger partial charge is 0.335 e. The number of carbonyl (C=O) groups excluding carboxylic acids is 1. The number of hydrogen-bond acceptors (Lipinski definition) is 3. The molecule has 0 aliphatic carbocycles. The first-order chi connectivity index (χ1) is 9.45. The van der Waals surface area contributed by atoms with Crippen LogP contribution in [0.3, 0.4) is 0 Å². The van der Waals surface area contributed by atoms with Crippen molar-refractivity contribution >= 4 is 33.5 Å². The number of amides is 1. The third-order valence-corrected chi connectivity index (χ3v) is 3.02. The van der Waals surface area contributed by atoms with Crippen LogP contribution in [0.4, 0.5) is 5.69 Å². The molecule has 0 bridgehead atoms. The van der Waals surface area contributed by atoms with Crippen LogP contribution in [0, 0.1) is 6.92 Å². The van der Waals surface area contributed by atoms with Gasteiger partial charge < -0.3 is 10.4 Å². The lowest BCUT2D eigenvalue weighted by atomic mass is 10.2. The van der Waals surface area contributed by atoms with Gasteiger partial charge in [0.1, 0.15) is 0 Å². The van der Waals surface area contributed by atoms with Crippen molar-refractivity contribution in [2.75, 3.05) is 5.32 Å². The number of aromatic carboxylic acids is 1. The zero-order chi connectivity index (χ0) is 14.7. The number of nitrogens with zero attached hydrogens (tertiary/aromatic N) is 1. The molecule has 0 fully saturated rings. The minimum atomic E-state index is -1.05. The van der Waals surface area contributed by atoms with Crippen molar-refractivity contribution in [3.05, 3.63) is 57.8 Å². The Kier molecular flexibility index (Phi) is 4.14. The molecular formula is C14H11BrN2O3. The minimum Gasteiger partial charge on any atom is -0.478 e. The molecule has 1 aromatic heterocycles. The van der Waals surface area contributed by atoms with E-state index in [0.717, 1.165) is 5.69 Å². The number of aryl methyl sites for hydroxylation is 1. The van der Waals surface area contributed by atoms with E-state index in [0.29, 0.717) is 15.7 Å². The van der Waals surface area contributed by atoms with Crippen LogP contribution in [0.25, 0.3) is 0 Å². The molecule has 0 unspecified atom stereocenters. The van der Waals surface area contributed by atoms with E-state index in [-0.39, 0.29) is 11.5 Å². The molecule has 1 heterocycles. The van der Waals surface area contributed by atoms with E-state index >= 15 is 0 Å².